The van der Waals surface area contributed by atoms with Crippen LogP contribution in [0.15, 0.2) is 18.2 Å². The molecule has 0 saturated carbocycles. The molecule has 2 atom stereocenters. The van der Waals surface area contributed by atoms with Gasteiger partial charge in [0.15, 0.2) is 6.10 Å². The van der Waals surface area contributed by atoms with Crippen LogP contribution in [0.1, 0.15) is 18.5 Å². The zero-order valence-electron chi connectivity index (χ0n) is 10.3. The van der Waals surface area contributed by atoms with E-state index in [0.717, 1.165) is 11.3 Å². The Balaban J connectivity index is 2.30. The summed E-state index contributed by atoms with van der Waals surface area (Å²) in [5.41, 5.74) is 7.51. The van der Waals surface area contributed by atoms with Crippen molar-refractivity contribution < 1.29 is 9.13 Å². The van der Waals surface area contributed by atoms with Gasteiger partial charge in [0.1, 0.15) is 5.82 Å². The number of nitrogens with zero attached hydrogens (tertiary/aromatic N) is 2. The summed E-state index contributed by atoms with van der Waals surface area (Å²) in [6.07, 6.45) is -0.440. The molecule has 2 unspecified atom stereocenters. The number of nitriles is 1. The van der Waals surface area contributed by atoms with Gasteiger partial charge >= 0.3 is 0 Å². The highest BCUT2D eigenvalue weighted by atomic mass is 19.1. The summed E-state index contributed by atoms with van der Waals surface area (Å²) < 4.78 is 18.6. The third-order valence-electron chi connectivity index (χ3n) is 3.03. The normalized spacial score (nSPS) is 21.4. The Hall–Kier alpha value is -1.64. The second-order valence-electron chi connectivity index (χ2n) is 4.43. The van der Waals surface area contributed by atoms with E-state index in [1.165, 1.54) is 12.1 Å². The van der Waals surface area contributed by atoms with Crippen LogP contribution in [-0.2, 0) is 4.74 Å². The van der Waals surface area contributed by atoms with Crippen molar-refractivity contribution >= 4 is 5.69 Å². The lowest BCUT2D eigenvalue weighted by atomic mass is 10.0. The standard InChI is InChI=1S/C13H16FN3O/c1-9(16)12-6-10(14)2-3-13(12)17-4-5-18-11(7-15)8-17/h2-3,6,9,11H,4-5,8,16H2,1H3. The van der Waals surface area contributed by atoms with Gasteiger partial charge in [-0.1, -0.05) is 0 Å². The summed E-state index contributed by atoms with van der Waals surface area (Å²) >= 11 is 0. The number of ether oxygens (including phenoxy) is 1. The maximum Gasteiger partial charge on any atom is 0.161 e. The van der Waals surface area contributed by atoms with Gasteiger partial charge in [-0.25, -0.2) is 4.39 Å². The van der Waals surface area contributed by atoms with Gasteiger partial charge in [0.2, 0.25) is 0 Å². The Morgan fingerprint density at radius 2 is 2.39 bits per heavy atom. The first-order chi connectivity index (χ1) is 8.61. The highest BCUT2D eigenvalue weighted by Crippen LogP contribution is 2.27. The lowest BCUT2D eigenvalue weighted by molar-refractivity contribution is 0.0764. The molecule has 1 fully saturated rings. The van der Waals surface area contributed by atoms with Gasteiger partial charge in [-0.2, -0.15) is 5.26 Å². The lowest BCUT2D eigenvalue weighted by Crippen LogP contribution is -2.42. The summed E-state index contributed by atoms with van der Waals surface area (Å²) in [5, 5.41) is 8.89. The van der Waals surface area contributed by atoms with E-state index in [-0.39, 0.29) is 11.9 Å². The third-order valence-corrected chi connectivity index (χ3v) is 3.03. The summed E-state index contributed by atoms with van der Waals surface area (Å²) in [6.45, 7) is 3.49. The van der Waals surface area contributed by atoms with Crippen LogP contribution in [0.25, 0.3) is 0 Å². The van der Waals surface area contributed by atoms with Crippen molar-refractivity contribution in [2.24, 2.45) is 5.73 Å². The number of halogens is 1. The van der Waals surface area contributed by atoms with Crippen LogP contribution in [0.2, 0.25) is 0 Å². The number of nitrogens with two attached hydrogens (primary N) is 1. The first-order valence-electron chi connectivity index (χ1n) is 5.93. The van der Waals surface area contributed by atoms with Crippen molar-refractivity contribution in [3.63, 3.8) is 0 Å². The zero-order valence-corrected chi connectivity index (χ0v) is 10.3. The third kappa shape index (κ3) is 2.61. The van der Waals surface area contributed by atoms with E-state index < -0.39 is 6.10 Å². The maximum atomic E-state index is 13.3. The smallest absolute Gasteiger partial charge is 0.161 e. The summed E-state index contributed by atoms with van der Waals surface area (Å²) in [7, 11) is 0. The topological polar surface area (TPSA) is 62.3 Å². The molecule has 2 N–H and O–H groups in total. The fourth-order valence-corrected chi connectivity index (χ4v) is 2.12. The van der Waals surface area contributed by atoms with Gasteiger partial charge in [-0.15, -0.1) is 0 Å². The Bertz CT molecular complexity index is 470. The van der Waals surface area contributed by atoms with Crippen molar-refractivity contribution in [3.8, 4) is 6.07 Å². The summed E-state index contributed by atoms with van der Waals surface area (Å²) in [4.78, 5) is 2.02. The van der Waals surface area contributed by atoms with E-state index in [9.17, 15) is 4.39 Å². The Morgan fingerprint density at radius 3 is 3.06 bits per heavy atom. The monoisotopic (exact) mass is 249 g/mol. The average molecular weight is 249 g/mol. The average Bonchev–Trinajstić information content (AvgIpc) is 2.38. The molecule has 1 saturated heterocycles. The molecule has 1 aliphatic rings. The van der Waals surface area contributed by atoms with Crippen LogP contribution >= 0.6 is 0 Å². The van der Waals surface area contributed by atoms with Crippen molar-refractivity contribution in [2.75, 3.05) is 24.6 Å². The second-order valence-corrected chi connectivity index (χ2v) is 4.43. The number of hydrogen-bond donors (Lipinski definition) is 1. The maximum absolute atomic E-state index is 13.3. The first-order valence-corrected chi connectivity index (χ1v) is 5.93. The molecule has 4 nitrogen and oxygen atoms in total. The quantitative estimate of drug-likeness (QED) is 0.864. The van der Waals surface area contributed by atoms with Gasteiger partial charge in [0.05, 0.1) is 19.2 Å². The predicted molar refractivity (Wildman–Crippen MR) is 66.6 cm³/mol. The molecular weight excluding hydrogens is 233 g/mol. The van der Waals surface area contributed by atoms with E-state index in [1.807, 2.05) is 11.8 Å². The van der Waals surface area contributed by atoms with Crippen LogP contribution in [0.4, 0.5) is 10.1 Å². The first kappa shape index (κ1) is 12.8. The molecule has 0 aromatic heterocycles. The molecule has 1 aromatic carbocycles. The highest BCUT2D eigenvalue weighted by Gasteiger charge is 2.22. The zero-order chi connectivity index (χ0) is 13.1. The van der Waals surface area contributed by atoms with E-state index >= 15 is 0 Å². The Kier molecular flexibility index (Phi) is 3.80. The van der Waals surface area contributed by atoms with Crippen molar-refractivity contribution in [3.05, 3.63) is 29.6 Å². The van der Waals surface area contributed by atoms with E-state index in [1.54, 1.807) is 6.07 Å². The van der Waals surface area contributed by atoms with E-state index in [4.69, 9.17) is 15.7 Å². The number of hydrogen-bond acceptors (Lipinski definition) is 4. The molecule has 2 rings (SSSR count). The van der Waals surface area contributed by atoms with E-state index in [2.05, 4.69) is 6.07 Å². The number of benzene rings is 1. The van der Waals surface area contributed by atoms with Crippen molar-refractivity contribution in [1.82, 2.24) is 0 Å². The fraction of sp³-hybridized carbons (Fsp3) is 0.462. The van der Waals surface area contributed by atoms with Crippen LogP contribution in [0.5, 0.6) is 0 Å². The second kappa shape index (κ2) is 5.34. The van der Waals surface area contributed by atoms with Crippen LogP contribution in [-0.4, -0.2) is 25.8 Å². The Labute approximate surface area is 106 Å². The molecule has 0 spiro atoms. The molecule has 5 heteroatoms. The largest absolute Gasteiger partial charge is 0.365 e. The van der Waals surface area contributed by atoms with Gasteiger partial charge in [0, 0.05) is 18.3 Å². The molecule has 0 radical (unpaired) electrons. The Morgan fingerprint density at radius 1 is 1.61 bits per heavy atom. The minimum Gasteiger partial charge on any atom is -0.365 e. The molecule has 1 aromatic rings. The molecule has 0 amide bonds. The number of morpholine rings is 1. The van der Waals surface area contributed by atoms with Gasteiger partial charge in [0.25, 0.3) is 0 Å². The van der Waals surface area contributed by atoms with Crippen molar-refractivity contribution in [2.45, 2.75) is 19.1 Å². The minimum atomic E-state index is -0.440. The van der Waals surface area contributed by atoms with Gasteiger partial charge in [-0.3, -0.25) is 0 Å². The fourth-order valence-electron chi connectivity index (χ4n) is 2.12. The SMILES string of the molecule is CC(N)c1cc(F)ccc1N1CCOC(C#N)C1. The molecule has 96 valence electrons. The van der Waals surface area contributed by atoms with Gasteiger partial charge < -0.3 is 15.4 Å². The summed E-state index contributed by atoms with van der Waals surface area (Å²) in [6, 6.07) is 6.43. The van der Waals surface area contributed by atoms with E-state index in [0.29, 0.717) is 19.7 Å². The van der Waals surface area contributed by atoms with Crippen LogP contribution in [0, 0.1) is 17.1 Å². The highest BCUT2D eigenvalue weighted by molar-refractivity contribution is 5.55. The molecule has 18 heavy (non-hydrogen) atoms. The molecule has 0 aliphatic carbocycles. The molecule has 0 bridgehead atoms. The van der Waals surface area contributed by atoms with Crippen molar-refractivity contribution in [1.29, 1.82) is 5.26 Å². The van der Waals surface area contributed by atoms with Crippen LogP contribution in [0.3, 0.4) is 0 Å². The van der Waals surface area contributed by atoms with Gasteiger partial charge in [-0.05, 0) is 30.7 Å². The lowest BCUT2D eigenvalue weighted by Gasteiger charge is -2.33. The minimum absolute atomic E-state index is 0.251. The molecular formula is C13H16FN3O. The molecule has 1 aliphatic heterocycles. The predicted octanol–water partition coefficient (Wildman–Crippen LogP) is 1.57. The number of rotatable bonds is 2. The van der Waals surface area contributed by atoms with Crippen LogP contribution < -0.4 is 10.6 Å². The molecule has 1 heterocycles. The summed E-state index contributed by atoms with van der Waals surface area (Å²) in [5.74, 6) is -0.295. The number of anilines is 1.